The summed E-state index contributed by atoms with van der Waals surface area (Å²) in [7, 11) is 0. The minimum atomic E-state index is 0.447. The summed E-state index contributed by atoms with van der Waals surface area (Å²) in [5.41, 5.74) is 1.33. The van der Waals surface area contributed by atoms with Crippen LogP contribution in [0.3, 0.4) is 0 Å². The van der Waals surface area contributed by atoms with Gasteiger partial charge in [-0.25, -0.2) is 0 Å². The van der Waals surface area contributed by atoms with E-state index in [1.165, 1.54) is 0 Å². The second-order valence-electron chi connectivity index (χ2n) is 2.51. The number of allylic oxidation sites excluding steroid dienone is 2. The molecule has 0 aliphatic carbocycles. The third kappa shape index (κ3) is 2.51. The molecule has 1 aromatic rings. The summed E-state index contributed by atoms with van der Waals surface area (Å²) >= 11 is 5.64. The first-order valence-electron chi connectivity index (χ1n) is 3.68. The molecule has 0 amide bonds. The van der Waals surface area contributed by atoms with Crippen LogP contribution in [-0.2, 0) is 0 Å². The van der Waals surface area contributed by atoms with E-state index in [-0.39, 0.29) is 0 Å². The van der Waals surface area contributed by atoms with Crippen LogP contribution in [0.4, 0.5) is 0 Å². The highest BCUT2D eigenvalue weighted by molar-refractivity contribution is 6.31. The molecular weight excluding hydrogens is 170 g/mol. The van der Waals surface area contributed by atoms with Gasteiger partial charge < -0.3 is 5.41 Å². The first kappa shape index (κ1) is 9.01. The molecule has 0 saturated heterocycles. The predicted octanol–water partition coefficient (Wildman–Crippen LogP) is 3.20. The maximum atomic E-state index is 7.60. The van der Waals surface area contributed by atoms with Crippen molar-refractivity contribution in [2.75, 3.05) is 0 Å². The van der Waals surface area contributed by atoms with E-state index >= 15 is 0 Å². The van der Waals surface area contributed by atoms with Crippen molar-refractivity contribution < 1.29 is 0 Å². The highest BCUT2D eigenvalue weighted by atomic mass is 35.5. The Labute approximate surface area is 77.2 Å². The topological polar surface area (TPSA) is 23.9 Å². The minimum absolute atomic E-state index is 0.447. The molecule has 0 radical (unpaired) electrons. The molecule has 0 spiro atoms. The van der Waals surface area contributed by atoms with Crippen molar-refractivity contribution in [3.63, 3.8) is 0 Å². The first-order valence-corrected chi connectivity index (χ1v) is 4.05. The molecule has 0 aliphatic heterocycles. The minimum Gasteiger partial charge on any atom is -0.300 e. The Kier molecular flexibility index (Phi) is 3.06. The maximum Gasteiger partial charge on any atom is 0.0623 e. The second kappa shape index (κ2) is 4.07. The molecule has 0 atom stereocenters. The summed E-state index contributed by atoms with van der Waals surface area (Å²) < 4.78 is 0. The van der Waals surface area contributed by atoms with Gasteiger partial charge in [0.05, 0.1) is 5.71 Å². The van der Waals surface area contributed by atoms with E-state index in [9.17, 15) is 0 Å². The van der Waals surface area contributed by atoms with Crippen molar-refractivity contribution in [3.05, 3.63) is 47.0 Å². The standard InChI is InChI=1S/C10H10ClN/c1-8(11)7-10(12)9-5-3-2-4-6-9/h2-7,12H,1H3/b8-7+,12-10?. The normalized spacial score (nSPS) is 11.3. The Morgan fingerprint density at radius 2 is 1.92 bits per heavy atom. The van der Waals surface area contributed by atoms with E-state index in [2.05, 4.69) is 0 Å². The van der Waals surface area contributed by atoms with Gasteiger partial charge in [-0.15, -0.1) is 0 Å². The van der Waals surface area contributed by atoms with Gasteiger partial charge in [0.2, 0.25) is 0 Å². The molecule has 0 aromatic heterocycles. The fourth-order valence-electron chi connectivity index (χ4n) is 0.900. The van der Waals surface area contributed by atoms with Gasteiger partial charge >= 0.3 is 0 Å². The van der Waals surface area contributed by atoms with Crippen LogP contribution in [0, 0.1) is 5.41 Å². The number of rotatable bonds is 2. The monoisotopic (exact) mass is 179 g/mol. The van der Waals surface area contributed by atoms with E-state index in [0.717, 1.165) is 5.56 Å². The number of hydrogen-bond acceptors (Lipinski definition) is 1. The van der Waals surface area contributed by atoms with Crippen molar-refractivity contribution in [1.82, 2.24) is 0 Å². The van der Waals surface area contributed by atoms with Crippen LogP contribution in [0.5, 0.6) is 0 Å². The van der Waals surface area contributed by atoms with Gasteiger partial charge in [-0.05, 0) is 18.6 Å². The summed E-state index contributed by atoms with van der Waals surface area (Å²) in [6.45, 7) is 1.76. The van der Waals surface area contributed by atoms with E-state index < -0.39 is 0 Å². The fourth-order valence-corrected chi connectivity index (χ4v) is 1.01. The van der Waals surface area contributed by atoms with Gasteiger partial charge in [-0.2, -0.15) is 0 Å². The average Bonchev–Trinajstić information content (AvgIpc) is 2.05. The zero-order valence-electron chi connectivity index (χ0n) is 6.84. The van der Waals surface area contributed by atoms with Crippen molar-refractivity contribution in [2.24, 2.45) is 0 Å². The van der Waals surface area contributed by atoms with Gasteiger partial charge in [0.1, 0.15) is 0 Å². The highest BCUT2D eigenvalue weighted by Gasteiger charge is 1.95. The van der Waals surface area contributed by atoms with Gasteiger partial charge in [0.25, 0.3) is 0 Å². The summed E-state index contributed by atoms with van der Waals surface area (Å²) in [6, 6.07) is 9.51. The lowest BCUT2D eigenvalue weighted by atomic mass is 10.1. The zero-order chi connectivity index (χ0) is 8.97. The lowest BCUT2D eigenvalue weighted by Gasteiger charge is -1.96. The van der Waals surface area contributed by atoms with Gasteiger partial charge in [-0.1, -0.05) is 41.9 Å². The molecular formula is C10H10ClN. The van der Waals surface area contributed by atoms with Crippen molar-refractivity contribution >= 4 is 17.3 Å². The summed E-state index contributed by atoms with van der Waals surface area (Å²) in [5, 5.41) is 8.23. The number of halogens is 1. The molecule has 1 nitrogen and oxygen atoms in total. The Balaban J connectivity index is 2.87. The summed E-state index contributed by atoms with van der Waals surface area (Å²) in [5.74, 6) is 0. The Bertz CT molecular complexity index is 297. The zero-order valence-corrected chi connectivity index (χ0v) is 7.60. The molecule has 0 unspecified atom stereocenters. The molecule has 0 fully saturated rings. The summed E-state index contributed by atoms with van der Waals surface area (Å²) in [6.07, 6.45) is 1.64. The van der Waals surface area contributed by atoms with Crippen LogP contribution in [0.15, 0.2) is 41.4 Å². The third-order valence-electron chi connectivity index (χ3n) is 1.43. The van der Waals surface area contributed by atoms with Crippen LogP contribution in [-0.4, -0.2) is 5.71 Å². The Morgan fingerprint density at radius 1 is 1.33 bits per heavy atom. The van der Waals surface area contributed by atoms with E-state index in [4.69, 9.17) is 17.0 Å². The molecule has 2 heteroatoms. The maximum absolute atomic E-state index is 7.60. The first-order chi connectivity index (χ1) is 5.70. The lowest BCUT2D eigenvalue weighted by molar-refractivity contribution is 1.48. The van der Waals surface area contributed by atoms with Gasteiger partial charge in [0, 0.05) is 5.03 Å². The van der Waals surface area contributed by atoms with Crippen molar-refractivity contribution in [3.8, 4) is 0 Å². The van der Waals surface area contributed by atoms with Crippen molar-refractivity contribution in [2.45, 2.75) is 6.92 Å². The molecule has 0 heterocycles. The SMILES string of the molecule is C/C(Cl)=C\C(=N)c1ccccc1. The van der Waals surface area contributed by atoms with E-state index in [0.29, 0.717) is 10.7 Å². The van der Waals surface area contributed by atoms with Crippen LogP contribution >= 0.6 is 11.6 Å². The van der Waals surface area contributed by atoms with Crippen LogP contribution < -0.4 is 0 Å². The molecule has 0 saturated carbocycles. The molecule has 62 valence electrons. The molecule has 1 aromatic carbocycles. The third-order valence-corrected chi connectivity index (χ3v) is 1.54. The molecule has 0 aliphatic rings. The largest absolute Gasteiger partial charge is 0.300 e. The number of benzene rings is 1. The summed E-state index contributed by atoms with van der Waals surface area (Å²) in [4.78, 5) is 0. The average molecular weight is 180 g/mol. The van der Waals surface area contributed by atoms with Crippen LogP contribution in [0.2, 0.25) is 0 Å². The molecule has 0 bridgehead atoms. The molecule has 12 heavy (non-hydrogen) atoms. The Morgan fingerprint density at radius 3 is 2.42 bits per heavy atom. The quantitative estimate of drug-likeness (QED) is 0.675. The molecule has 1 rings (SSSR count). The number of hydrogen-bond donors (Lipinski definition) is 1. The van der Waals surface area contributed by atoms with E-state index in [1.54, 1.807) is 13.0 Å². The lowest BCUT2D eigenvalue weighted by Crippen LogP contribution is -1.93. The fraction of sp³-hybridized carbons (Fsp3) is 0.100. The Hall–Kier alpha value is -1.08. The number of nitrogens with one attached hydrogen (secondary N) is 1. The smallest absolute Gasteiger partial charge is 0.0623 e. The predicted molar refractivity (Wildman–Crippen MR) is 52.9 cm³/mol. The van der Waals surface area contributed by atoms with Gasteiger partial charge in [-0.3, -0.25) is 0 Å². The van der Waals surface area contributed by atoms with Gasteiger partial charge in [0.15, 0.2) is 0 Å². The molecule has 1 N–H and O–H groups in total. The second-order valence-corrected chi connectivity index (χ2v) is 3.11. The van der Waals surface area contributed by atoms with Crippen LogP contribution in [0.25, 0.3) is 0 Å². The van der Waals surface area contributed by atoms with Crippen LogP contribution in [0.1, 0.15) is 12.5 Å². The van der Waals surface area contributed by atoms with Crippen molar-refractivity contribution in [1.29, 1.82) is 5.41 Å². The highest BCUT2D eigenvalue weighted by Crippen LogP contribution is 2.05. The van der Waals surface area contributed by atoms with E-state index in [1.807, 2.05) is 30.3 Å².